The standard InChI is InChI=1S/C6H6ClI/c7-5-2-1-3-6(8)4-5/h1-3,6H,4H2. The van der Waals surface area contributed by atoms with E-state index in [1.807, 2.05) is 12.2 Å². The van der Waals surface area contributed by atoms with Gasteiger partial charge in [0.15, 0.2) is 0 Å². The Kier molecular flexibility index (Phi) is 2.38. The van der Waals surface area contributed by atoms with Gasteiger partial charge in [0.1, 0.15) is 0 Å². The fraction of sp³-hybridized carbons (Fsp3) is 0.333. The maximum Gasteiger partial charge on any atom is 0.0341 e. The SMILES string of the molecule is ClC1=CC=CC(I)C1. The van der Waals surface area contributed by atoms with Gasteiger partial charge in [0.05, 0.1) is 0 Å². The molecule has 0 spiro atoms. The lowest BCUT2D eigenvalue weighted by Crippen LogP contribution is -1.94. The molecule has 1 atom stereocenters. The monoisotopic (exact) mass is 240 g/mol. The first kappa shape index (κ1) is 6.62. The van der Waals surface area contributed by atoms with Gasteiger partial charge in [-0.2, -0.15) is 0 Å². The van der Waals surface area contributed by atoms with Crippen LogP contribution in [0.4, 0.5) is 0 Å². The Bertz CT molecular complexity index is 137. The van der Waals surface area contributed by atoms with E-state index in [0.29, 0.717) is 3.92 Å². The van der Waals surface area contributed by atoms with Crippen LogP contribution in [-0.2, 0) is 0 Å². The highest BCUT2D eigenvalue weighted by molar-refractivity contribution is 14.1. The molecule has 8 heavy (non-hydrogen) atoms. The Morgan fingerprint density at radius 3 is 2.88 bits per heavy atom. The number of rotatable bonds is 0. The van der Waals surface area contributed by atoms with E-state index in [4.69, 9.17) is 11.6 Å². The van der Waals surface area contributed by atoms with Gasteiger partial charge in [0, 0.05) is 8.96 Å². The van der Waals surface area contributed by atoms with Gasteiger partial charge in [-0.05, 0) is 12.5 Å². The molecule has 0 aliphatic heterocycles. The smallest absolute Gasteiger partial charge is 0.0341 e. The molecule has 1 aliphatic carbocycles. The molecule has 0 aromatic carbocycles. The third-order valence-corrected chi connectivity index (χ3v) is 2.12. The number of allylic oxidation sites excluding steroid dienone is 4. The second-order valence-corrected chi connectivity index (χ2v) is 3.80. The largest absolute Gasteiger partial charge is 0.0891 e. The van der Waals surface area contributed by atoms with Crippen LogP contribution in [0.1, 0.15) is 6.42 Å². The van der Waals surface area contributed by atoms with Crippen molar-refractivity contribution in [3.63, 3.8) is 0 Å². The summed E-state index contributed by atoms with van der Waals surface area (Å²) in [5.41, 5.74) is 0. The third kappa shape index (κ3) is 1.78. The Hall–Kier alpha value is 0.500. The topological polar surface area (TPSA) is 0 Å². The van der Waals surface area contributed by atoms with Crippen LogP contribution in [0.2, 0.25) is 0 Å². The summed E-state index contributed by atoms with van der Waals surface area (Å²) in [5.74, 6) is 0. The summed E-state index contributed by atoms with van der Waals surface area (Å²) in [6, 6.07) is 0. The first-order valence-electron chi connectivity index (χ1n) is 2.46. The van der Waals surface area contributed by atoms with Crippen LogP contribution in [0, 0.1) is 0 Å². The molecule has 0 nitrogen and oxygen atoms in total. The maximum atomic E-state index is 5.72. The van der Waals surface area contributed by atoms with Crippen molar-refractivity contribution in [3.8, 4) is 0 Å². The average Bonchev–Trinajstić information content (AvgIpc) is 1.64. The number of hydrogen-bond acceptors (Lipinski definition) is 0. The molecule has 1 unspecified atom stereocenters. The molecule has 0 bridgehead atoms. The minimum atomic E-state index is 0.602. The molecule has 0 radical (unpaired) electrons. The zero-order valence-electron chi connectivity index (χ0n) is 4.27. The van der Waals surface area contributed by atoms with E-state index >= 15 is 0 Å². The van der Waals surface area contributed by atoms with Crippen LogP contribution >= 0.6 is 34.2 Å². The Labute approximate surface area is 67.7 Å². The average molecular weight is 240 g/mol. The van der Waals surface area contributed by atoms with Gasteiger partial charge in [-0.1, -0.05) is 46.3 Å². The number of halogens is 2. The van der Waals surface area contributed by atoms with E-state index in [2.05, 4.69) is 28.7 Å². The second-order valence-electron chi connectivity index (χ2n) is 1.72. The lowest BCUT2D eigenvalue weighted by molar-refractivity contribution is 1.07. The fourth-order valence-corrected chi connectivity index (χ4v) is 1.82. The van der Waals surface area contributed by atoms with Crippen molar-refractivity contribution in [1.29, 1.82) is 0 Å². The molecular weight excluding hydrogens is 234 g/mol. The quantitative estimate of drug-likeness (QED) is 0.451. The summed E-state index contributed by atoms with van der Waals surface area (Å²) in [4.78, 5) is 0. The minimum Gasteiger partial charge on any atom is -0.0891 e. The van der Waals surface area contributed by atoms with Crippen LogP contribution in [0.5, 0.6) is 0 Å². The van der Waals surface area contributed by atoms with Crippen molar-refractivity contribution in [2.24, 2.45) is 0 Å². The van der Waals surface area contributed by atoms with Gasteiger partial charge in [0.2, 0.25) is 0 Å². The summed E-state index contributed by atoms with van der Waals surface area (Å²) in [5, 5.41) is 0.965. The molecule has 0 saturated carbocycles. The van der Waals surface area contributed by atoms with Crippen molar-refractivity contribution in [3.05, 3.63) is 23.3 Å². The van der Waals surface area contributed by atoms with Gasteiger partial charge in [-0.25, -0.2) is 0 Å². The first-order valence-corrected chi connectivity index (χ1v) is 4.08. The van der Waals surface area contributed by atoms with E-state index in [9.17, 15) is 0 Å². The molecule has 1 rings (SSSR count). The van der Waals surface area contributed by atoms with E-state index in [1.54, 1.807) is 0 Å². The van der Waals surface area contributed by atoms with Gasteiger partial charge in [-0.15, -0.1) is 0 Å². The van der Waals surface area contributed by atoms with E-state index in [1.165, 1.54) is 0 Å². The molecule has 0 heterocycles. The van der Waals surface area contributed by atoms with Crippen LogP contribution in [0.25, 0.3) is 0 Å². The highest BCUT2D eigenvalue weighted by atomic mass is 127. The van der Waals surface area contributed by atoms with E-state index in [-0.39, 0.29) is 0 Å². The first-order chi connectivity index (χ1) is 3.79. The molecule has 0 saturated heterocycles. The summed E-state index contributed by atoms with van der Waals surface area (Å²) in [6.07, 6.45) is 7.09. The molecule has 0 aromatic heterocycles. The molecule has 0 N–H and O–H groups in total. The zero-order valence-corrected chi connectivity index (χ0v) is 7.19. The normalized spacial score (nSPS) is 27.8. The highest BCUT2D eigenvalue weighted by Gasteiger charge is 2.03. The van der Waals surface area contributed by atoms with Gasteiger partial charge < -0.3 is 0 Å². The van der Waals surface area contributed by atoms with Gasteiger partial charge in [-0.3, -0.25) is 0 Å². The molecule has 0 aromatic rings. The Morgan fingerprint density at radius 1 is 1.75 bits per heavy atom. The number of hydrogen-bond donors (Lipinski definition) is 0. The lowest BCUT2D eigenvalue weighted by atomic mass is 10.2. The Balaban J connectivity index is 2.59. The van der Waals surface area contributed by atoms with Gasteiger partial charge >= 0.3 is 0 Å². The predicted molar refractivity (Wildman–Crippen MR) is 45.5 cm³/mol. The van der Waals surface area contributed by atoms with Crippen molar-refractivity contribution in [1.82, 2.24) is 0 Å². The van der Waals surface area contributed by atoms with Crippen LogP contribution in [0.3, 0.4) is 0 Å². The summed E-state index contributed by atoms with van der Waals surface area (Å²) < 4.78 is 0.602. The third-order valence-electron chi connectivity index (χ3n) is 0.987. The lowest BCUT2D eigenvalue weighted by Gasteiger charge is -2.05. The fourth-order valence-electron chi connectivity index (χ4n) is 0.603. The summed E-state index contributed by atoms with van der Waals surface area (Å²) >= 11 is 8.08. The van der Waals surface area contributed by atoms with Crippen LogP contribution in [-0.4, -0.2) is 3.92 Å². The van der Waals surface area contributed by atoms with E-state index < -0.39 is 0 Å². The number of alkyl halides is 1. The summed E-state index contributed by atoms with van der Waals surface area (Å²) in [6.45, 7) is 0. The maximum absolute atomic E-state index is 5.72. The van der Waals surface area contributed by atoms with E-state index in [0.717, 1.165) is 11.5 Å². The molecule has 0 amide bonds. The van der Waals surface area contributed by atoms with Gasteiger partial charge in [0.25, 0.3) is 0 Å². The van der Waals surface area contributed by atoms with Crippen molar-refractivity contribution < 1.29 is 0 Å². The highest BCUT2D eigenvalue weighted by Crippen LogP contribution is 2.21. The molecule has 0 fully saturated rings. The molecule has 1 aliphatic rings. The van der Waals surface area contributed by atoms with Crippen LogP contribution in [0.15, 0.2) is 23.3 Å². The van der Waals surface area contributed by atoms with Crippen molar-refractivity contribution in [2.45, 2.75) is 10.3 Å². The van der Waals surface area contributed by atoms with Crippen LogP contribution < -0.4 is 0 Å². The minimum absolute atomic E-state index is 0.602. The Morgan fingerprint density at radius 2 is 2.50 bits per heavy atom. The second kappa shape index (κ2) is 2.87. The van der Waals surface area contributed by atoms with Crippen molar-refractivity contribution in [2.75, 3.05) is 0 Å². The molecule has 44 valence electrons. The zero-order chi connectivity index (χ0) is 5.98. The predicted octanol–water partition coefficient (Wildman–Crippen LogP) is 2.87. The molecule has 2 heteroatoms. The van der Waals surface area contributed by atoms with Crippen molar-refractivity contribution >= 4 is 34.2 Å². The summed E-state index contributed by atoms with van der Waals surface area (Å²) in [7, 11) is 0. The molecular formula is C6H6ClI.